The van der Waals surface area contributed by atoms with Gasteiger partial charge in [-0.3, -0.25) is 4.79 Å². The number of rotatable bonds is 4. The smallest absolute Gasteiger partial charge is 0.246 e. The van der Waals surface area contributed by atoms with E-state index in [2.05, 4.69) is 15.9 Å². The van der Waals surface area contributed by atoms with Gasteiger partial charge in [0.25, 0.3) is 0 Å². The summed E-state index contributed by atoms with van der Waals surface area (Å²) < 4.78 is 25.8. The van der Waals surface area contributed by atoms with Gasteiger partial charge in [0.2, 0.25) is 5.91 Å². The van der Waals surface area contributed by atoms with Gasteiger partial charge in [-0.25, -0.2) is 4.39 Å². The number of aromatic nitrogens is 1. The van der Waals surface area contributed by atoms with Crippen LogP contribution in [0.2, 0.25) is 5.02 Å². The highest BCUT2D eigenvalue weighted by atomic mass is 35.5. The summed E-state index contributed by atoms with van der Waals surface area (Å²) >= 11 is 7.96. The van der Waals surface area contributed by atoms with Gasteiger partial charge in [0.05, 0.1) is 12.1 Å². The number of hydrogen-bond donors (Lipinski definition) is 0. The lowest BCUT2D eigenvalue weighted by Gasteiger charge is -2.34. The van der Waals surface area contributed by atoms with E-state index in [1.54, 1.807) is 18.1 Å². The standard InChI is InChI=1S/C25H21ClFN3O2S/c1-3-21(31)29-8-10-30(11-9-29)25-19-14-20(26)22(23(27)24(19)28-33-25)18-13-16(32-2)12-15-6-4-5-7-17(15)18/h3-7,12-14H,1,8-11H2,2H3. The number of halogens is 2. The Hall–Kier alpha value is -3.16. The topological polar surface area (TPSA) is 45.7 Å². The van der Waals surface area contributed by atoms with Crippen molar-refractivity contribution in [3.05, 3.63) is 66.0 Å². The van der Waals surface area contributed by atoms with Crippen molar-refractivity contribution in [2.75, 3.05) is 38.2 Å². The van der Waals surface area contributed by atoms with Crippen molar-refractivity contribution in [1.82, 2.24) is 9.27 Å². The minimum atomic E-state index is -0.445. The Bertz CT molecular complexity index is 1400. The van der Waals surface area contributed by atoms with Gasteiger partial charge >= 0.3 is 0 Å². The number of amides is 1. The molecule has 1 aliphatic rings. The fourth-order valence-corrected chi connectivity index (χ4v) is 5.54. The van der Waals surface area contributed by atoms with E-state index in [4.69, 9.17) is 16.3 Å². The average molecular weight is 482 g/mol. The number of ether oxygens (including phenoxy) is 1. The van der Waals surface area contributed by atoms with Crippen LogP contribution in [0.3, 0.4) is 0 Å². The largest absolute Gasteiger partial charge is 0.497 e. The van der Waals surface area contributed by atoms with E-state index >= 15 is 4.39 Å². The molecule has 0 saturated carbocycles. The van der Waals surface area contributed by atoms with Crippen LogP contribution in [0.15, 0.2) is 55.1 Å². The lowest BCUT2D eigenvalue weighted by Crippen LogP contribution is -2.48. The number of nitrogens with zero attached hydrogens (tertiary/aromatic N) is 3. The van der Waals surface area contributed by atoms with Gasteiger partial charge in [0.1, 0.15) is 16.3 Å². The third-order valence-corrected chi connectivity index (χ3v) is 7.26. The van der Waals surface area contributed by atoms with Crippen LogP contribution in [0.1, 0.15) is 0 Å². The summed E-state index contributed by atoms with van der Waals surface area (Å²) in [5, 5.41) is 3.69. The van der Waals surface area contributed by atoms with Gasteiger partial charge in [0, 0.05) is 37.1 Å². The van der Waals surface area contributed by atoms with Crippen LogP contribution < -0.4 is 9.64 Å². The van der Waals surface area contributed by atoms with E-state index in [9.17, 15) is 4.79 Å². The molecule has 1 aliphatic heterocycles. The normalized spacial score (nSPS) is 14.2. The van der Waals surface area contributed by atoms with Crippen LogP contribution in [-0.4, -0.2) is 48.5 Å². The molecule has 1 aromatic heterocycles. The van der Waals surface area contributed by atoms with Gasteiger partial charge in [-0.1, -0.05) is 42.4 Å². The third kappa shape index (κ3) is 3.71. The fraction of sp³-hybridized carbons (Fsp3) is 0.200. The Morgan fingerprint density at radius 1 is 1.18 bits per heavy atom. The molecule has 33 heavy (non-hydrogen) atoms. The van der Waals surface area contributed by atoms with E-state index in [-0.39, 0.29) is 5.91 Å². The summed E-state index contributed by atoms with van der Waals surface area (Å²) in [7, 11) is 1.59. The quantitative estimate of drug-likeness (QED) is 0.348. The van der Waals surface area contributed by atoms with Gasteiger partial charge in [0.15, 0.2) is 5.82 Å². The summed E-state index contributed by atoms with van der Waals surface area (Å²) in [5.74, 6) is 0.108. The molecule has 4 aromatic rings. The van der Waals surface area contributed by atoms with Crippen LogP contribution in [0.25, 0.3) is 32.8 Å². The Morgan fingerprint density at radius 3 is 2.67 bits per heavy atom. The van der Waals surface area contributed by atoms with E-state index in [1.165, 1.54) is 17.6 Å². The molecule has 0 atom stereocenters. The second-order valence-corrected chi connectivity index (χ2v) is 9.00. The summed E-state index contributed by atoms with van der Waals surface area (Å²) in [6, 6.07) is 13.3. The Balaban J connectivity index is 1.59. The first-order chi connectivity index (χ1) is 16.0. The maximum Gasteiger partial charge on any atom is 0.246 e. The Labute approximate surface area is 199 Å². The zero-order valence-electron chi connectivity index (χ0n) is 18.0. The molecule has 1 amide bonds. The molecule has 0 N–H and O–H groups in total. The first-order valence-electron chi connectivity index (χ1n) is 10.5. The maximum atomic E-state index is 15.9. The highest BCUT2D eigenvalue weighted by Gasteiger charge is 2.26. The summed E-state index contributed by atoms with van der Waals surface area (Å²) in [4.78, 5) is 15.8. The van der Waals surface area contributed by atoms with Crippen LogP contribution in [0, 0.1) is 5.82 Å². The van der Waals surface area contributed by atoms with Crippen molar-refractivity contribution in [1.29, 1.82) is 0 Å². The first-order valence-corrected chi connectivity index (χ1v) is 11.7. The number of benzene rings is 3. The molecule has 0 bridgehead atoms. The summed E-state index contributed by atoms with van der Waals surface area (Å²) in [6.45, 7) is 5.98. The number of carbonyl (C=O) groups excluding carboxylic acids is 1. The minimum Gasteiger partial charge on any atom is -0.497 e. The number of piperazine rings is 1. The van der Waals surface area contributed by atoms with Crippen LogP contribution in [0.5, 0.6) is 5.75 Å². The zero-order valence-corrected chi connectivity index (χ0v) is 19.5. The SMILES string of the molecule is C=CC(=O)N1CCN(c2snc3c(F)c(-c4cc(OC)cc5ccccc45)c(Cl)cc23)CC1. The first kappa shape index (κ1) is 21.7. The number of anilines is 1. The fourth-order valence-electron chi connectivity index (χ4n) is 4.34. The summed E-state index contributed by atoms with van der Waals surface area (Å²) in [6.07, 6.45) is 1.33. The van der Waals surface area contributed by atoms with Gasteiger partial charge in [-0.15, -0.1) is 0 Å². The van der Waals surface area contributed by atoms with Crippen molar-refractivity contribution < 1.29 is 13.9 Å². The zero-order chi connectivity index (χ0) is 23.1. The van der Waals surface area contributed by atoms with Crippen molar-refractivity contribution in [3.63, 3.8) is 0 Å². The molecule has 0 aliphatic carbocycles. The number of carbonyl (C=O) groups is 1. The molecule has 1 fully saturated rings. The molecule has 1 saturated heterocycles. The molecule has 3 aromatic carbocycles. The second kappa shape index (κ2) is 8.65. The monoisotopic (exact) mass is 481 g/mol. The second-order valence-electron chi connectivity index (χ2n) is 7.84. The van der Waals surface area contributed by atoms with E-state index in [1.807, 2.05) is 36.4 Å². The van der Waals surface area contributed by atoms with Crippen LogP contribution in [-0.2, 0) is 4.79 Å². The Kier molecular flexibility index (Phi) is 5.68. The van der Waals surface area contributed by atoms with Crippen molar-refractivity contribution >= 4 is 55.7 Å². The highest BCUT2D eigenvalue weighted by molar-refractivity contribution is 7.11. The average Bonchev–Trinajstić information content (AvgIpc) is 3.27. The lowest BCUT2D eigenvalue weighted by atomic mass is 9.96. The number of methoxy groups -OCH3 is 1. The lowest BCUT2D eigenvalue weighted by molar-refractivity contribution is -0.126. The molecular weight excluding hydrogens is 461 g/mol. The van der Waals surface area contributed by atoms with Crippen molar-refractivity contribution in [2.24, 2.45) is 0 Å². The molecule has 0 radical (unpaired) electrons. The molecule has 8 heteroatoms. The van der Waals surface area contributed by atoms with Gasteiger partial charge < -0.3 is 14.5 Å². The third-order valence-electron chi connectivity index (χ3n) is 6.04. The predicted molar refractivity (Wildman–Crippen MR) is 133 cm³/mol. The number of fused-ring (bicyclic) bond motifs is 2. The van der Waals surface area contributed by atoms with Crippen molar-refractivity contribution in [2.45, 2.75) is 0 Å². The minimum absolute atomic E-state index is 0.0759. The molecule has 168 valence electrons. The van der Waals surface area contributed by atoms with E-state index in [0.717, 1.165) is 15.8 Å². The number of hydrogen-bond acceptors (Lipinski definition) is 5. The molecule has 5 nitrogen and oxygen atoms in total. The van der Waals surface area contributed by atoms with Crippen LogP contribution in [0.4, 0.5) is 9.39 Å². The Morgan fingerprint density at radius 2 is 1.94 bits per heavy atom. The maximum absolute atomic E-state index is 15.9. The molecule has 5 rings (SSSR count). The van der Waals surface area contributed by atoms with Crippen molar-refractivity contribution in [3.8, 4) is 16.9 Å². The predicted octanol–water partition coefficient (Wildman–Crippen LogP) is 5.75. The molecular formula is C25H21ClFN3O2S. The van der Waals surface area contributed by atoms with E-state index in [0.29, 0.717) is 59.0 Å². The summed E-state index contributed by atoms with van der Waals surface area (Å²) in [5.41, 5.74) is 1.28. The molecule has 2 heterocycles. The molecule has 0 unspecified atom stereocenters. The van der Waals surface area contributed by atoms with E-state index < -0.39 is 5.82 Å². The van der Waals surface area contributed by atoms with Crippen LogP contribution >= 0.6 is 23.1 Å². The molecule has 0 spiro atoms. The highest BCUT2D eigenvalue weighted by Crippen LogP contribution is 2.43. The van der Waals surface area contributed by atoms with Gasteiger partial charge in [-0.05, 0) is 52.1 Å². The van der Waals surface area contributed by atoms with Gasteiger partial charge in [-0.2, -0.15) is 4.37 Å².